The number of likely N-dealkylation sites (tertiary alicyclic amines) is 1. The molecule has 0 aromatic heterocycles. The first kappa shape index (κ1) is 26.5. The van der Waals surface area contributed by atoms with Crippen molar-refractivity contribution in [2.24, 2.45) is 4.99 Å². The van der Waals surface area contributed by atoms with Crippen molar-refractivity contribution in [3.05, 3.63) is 71.3 Å². The molecule has 2 aliphatic rings. The first-order chi connectivity index (χ1) is 16.1. The number of fused-ring (bicyclic) bond motifs is 1. The molecule has 2 unspecified atom stereocenters. The van der Waals surface area contributed by atoms with E-state index in [0.717, 1.165) is 57.9 Å². The zero-order chi connectivity index (χ0) is 23.0. The zero-order valence-corrected chi connectivity index (χ0v) is 22.7. The summed E-state index contributed by atoms with van der Waals surface area (Å²) in [6.07, 6.45) is 3.57. The van der Waals surface area contributed by atoms with Crippen LogP contribution >= 0.6 is 24.0 Å². The van der Waals surface area contributed by atoms with Crippen LogP contribution in [-0.2, 0) is 24.4 Å². The molecule has 2 heterocycles. The summed E-state index contributed by atoms with van der Waals surface area (Å²) in [5.74, 6) is 1.07. The lowest BCUT2D eigenvalue weighted by molar-refractivity contribution is -0.131. The summed E-state index contributed by atoms with van der Waals surface area (Å²) in [5, 5.41) is 6.99. The standard InChI is InChI=1S/C27H37N5O.HI/c1-21-17-25(14-16-31(21)18-22-9-4-3-5-10-22)30-27(28-2)29-15-8-13-26(33)32-19-23-11-6-7-12-24(23)20-32;/h3-7,9-12,21,25H,8,13-20H2,1-2H3,(H2,28,29,30);1H. The van der Waals surface area contributed by atoms with E-state index >= 15 is 0 Å². The average Bonchev–Trinajstić information content (AvgIpc) is 3.28. The molecule has 0 bridgehead atoms. The Morgan fingerprint density at radius 1 is 1.06 bits per heavy atom. The molecule has 0 saturated carbocycles. The molecule has 1 fully saturated rings. The fraction of sp³-hybridized carbons (Fsp3) is 0.481. The first-order valence-electron chi connectivity index (χ1n) is 12.2. The molecule has 6 nitrogen and oxygen atoms in total. The van der Waals surface area contributed by atoms with Crippen LogP contribution < -0.4 is 10.6 Å². The van der Waals surface area contributed by atoms with Gasteiger partial charge in [0.25, 0.3) is 0 Å². The first-order valence-corrected chi connectivity index (χ1v) is 12.2. The van der Waals surface area contributed by atoms with Crippen LogP contribution in [0.4, 0.5) is 0 Å². The molecule has 2 aromatic carbocycles. The second kappa shape index (κ2) is 13.1. The van der Waals surface area contributed by atoms with Gasteiger partial charge in [-0.1, -0.05) is 54.6 Å². The number of nitrogens with zero attached hydrogens (tertiary/aromatic N) is 3. The van der Waals surface area contributed by atoms with Gasteiger partial charge in [-0.05, 0) is 42.9 Å². The lowest BCUT2D eigenvalue weighted by Gasteiger charge is -2.38. The van der Waals surface area contributed by atoms with Crippen LogP contribution in [0.5, 0.6) is 0 Å². The second-order valence-corrected chi connectivity index (χ2v) is 9.29. The third-order valence-electron chi connectivity index (χ3n) is 6.86. The van der Waals surface area contributed by atoms with Gasteiger partial charge in [0.1, 0.15) is 0 Å². The second-order valence-electron chi connectivity index (χ2n) is 9.29. The number of nitrogens with one attached hydrogen (secondary N) is 2. The summed E-state index contributed by atoms with van der Waals surface area (Å²) in [5.41, 5.74) is 3.93. The van der Waals surface area contributed by atoms with Crippen molar-refractivity contribution >= 4 is 35.8 Å². The quantitative estimate of drug-likeness (QED) is 0.226. The van der Waals surface area contributed by atoms with Crippen LogP contribution in [0.15, 0.2) is 59.6 Å². The summed E-state index contributed by atoms with van der Waals surface area (Å²) >= 11 is 0. The van der Waals surface area contributed by atoms with E-state index in [1.165, 1.54) is 16.7 Å². The van der Waals surface area contributed by atoms with E-state index in [2.05, 4.69) is 69.9 Å². The van der Waals surface area contributed by atoms with Gasteiger partial charge in [0, 0.05) is 58.3 Å². The minimum atomic E-state index is 0. The molecule has 7 heteroatoms. The van der Waals surface area contributed by atoms with Crippen molar-refractivity contribution in [3.63, 3.8) is 0 Å². The number of aliphatic imine (C=N–C) groups is 1. The topological polar surface area (TPSA) is 60.0 Å². The van der Waals surface area contributed by atoms with Crippen LogP contribution in [0.3, 0.4) is 0 Å². The molecule has 34 heavy (non-hydrogen) atoms. The highest BCUT2D eigenvalue weighted by Gasteiger charge is 2.26. The van der Waals surface area contributed by atoms with Crippen molar-refractivity contribution in [1.29, 1.82) is 0 Å². The van der Waals surface area contributed by atoms with E-state index in [1.807, 2.05) is 24.1 Å². The number of carbonyl (C=O) groups excluding carboxylic acids is 1. The monoisotopic (exact) mass is 575 g/mol. The predicted molar refractivity (Wildman–Crippen MR) is 149 cm³/mol. The number of rotatable bonds is 7. The number of benzene rings is 2. The number of hydrogen-bond donors (Lipinski definition) is 2. The van der Waals surface area contributed by atoms with E-state index in [-0.39, 0.29) is 29.9 Å². The summed E-state index contributed by atoms with van der Waals surface area (Å²) in [6.45, 7) is 6.64. The number of halogens is 1. The maximum absolute atomic E-state index is 12.6. The SMILES string of the molecule is CN=C(NCCCC(=O)N1Cc2ccccc2C1)NC1CCN(Cc2ccccc2)C(C)C1.I. The van der Waals surface area contributed by atoms with E-state index < -0.39 is 0 Å². The molecule has 2 aromatic rings. The number of amides is 1. The summed E-state index contributed by atoms with van der Waals surface area (Å²) < 4.78 is 0. The van der Waals surface area contributed by atoms with Gasteiger partial charge in [-0.3, -0.25) is 14.7 Å². The average molecular weight is 576 g/mol. The van der Waals surface area contributed by atoms with Gasteiger partial charge in [-0.15, -0.1) is 24.0 Å². The molecule has 1 amide bonds. The molecule has 184 valence electrons. The number of piperidine rings is 1. The highest BCUT2D eigenvalue weighted by molar-refractivity contribution is 14.0. The zero-order valence-electron chi connectivity index (χ0n) is 20.4. The van der Waals surface area contributed by atoms with Gasteiger partial charge in [-0.2, -0.15) is 0 Å². The molecule has 2 aliphatic heterocycles. The third kappa shape index (κ3) is 7.18. The minimum Gasteiger partial charge on any atom is -0.356 e. The third-order valence-corrected chi connectivity index (χ3v) is 6.86. The summed E-state index contributed by atoms with van der Waals surface area (Å²) in [7, 11) is 1.82. The number of carbonyl (C=O) groups is 1. The Morgan fingerprint density at radius 2 is 1.74 bits per heavy atom. The highest BCUT2D eigenvalue weighted by Crippen LogP contribution is 2.23. The molecule has 2 N–H and O–H groups in total. The fourth-order valence-electron chi connectivity index (χ4n) is 4.91. The maximum Gasteiger partial charge on any atom is 0.223 e. The summed E-state index contributed by atoms with van der Waals surface area (Å²) in [6, 6.07) is 20.0. The van der Waals surface area contributed by atoms with Gasteiger partial charge in [0.05, 0.1) is 0 Å². The van der Waals surface area contributed by atoms with E-state index in [4.69, 9.17) is 0 Å². The van der Waals surface area contributed by atoms with Crippen LogP contribution in [-0.4, -0.2) is 53.9 Å². The minimum absolute atomic E-state index is 0. The lowest BCUT2D eigenvalue weighted by atomic mass is 9.97. The van der Waals surface area contributed by atoms with Crippen molar-refractivity contribution in [1.82, 2.24) is 20.4 Å². The Hall–Kier alpha value is -2.13. The Bertz CT molecular complexity index is 926. The van der Waals surface area contributed by atoms with Crippen molar-refractivity contribution in [2.75, 3.05) is 20.1 Å². The van der Waals surface area contributed by atoms with E-state index in [1.54, 1.807) is 0 Å². The predicted octanol–water partition coefficient (Wildman–Crippen LogP) is 4.15. The van der Waals surface area contributed by atoms with Crippen LogP contribution in [0.1, 0.15) is 49.3 Å². The van der Waals surface area contributed by atoms with Crippen molar-refractivity contribution in [2.45, 2.75) is 64.3 Å². The highest BCUT2D eigenvalue weighted by atomic mass is 127. The Labute approximate surface area is 221 Å². The Balaban J connectivity index is 0.00000324. The van der Waals surface area contributed by atoms with Gasteiger partial charge >= 0.3 is 0 Å². The lowest BCUT2D eigenvalue weighted by Crippen LogP contribution is -2.51. The molecule has 0 aliphatic carbocycles. The van der Waals surface area contributed by atoms with Gasteiger partial charge < -0.3 is 15.5 Å². The molecular formula is C27H38IN5O. The fourth-order valence-corrected chi connectivity index (χ4v) is 4.91. The molecule has 0 radical (unpaired) electrons. The number of guanidine groups is 1. The molecule has 1 saturated heterocycles. The van der Waals surface area contributed by atoms with Crippen LogP contribution in [0.2, 0.25) is 0 Å². The number of hydrogen-bond acceptors (Lipinski definition) is 3. The van der Waals surface area contributed by atoms with E-state index in [9.17, 15) is 4.79 Å². The smallest absolute Gasteiger partial charge is 0.223 e. The molecular weight excluding hydrogens is 537 g/mol. The van der Waals surface area contributed by atoms with E-state index in [0.29, 0.717) is 18.5 Å². The Morgan fingerprint density at radius 3 is 2.38 bits per heavy atom. The van der Waals surface area contributed by atoms with Crippen LogP contribution in [0.25, 0.3) is 0 Å². The molecule has 0 spiro atoms. The normalized spacial score (nSPS) is 20.4. The summed E-state index contributed by atoms with van der Waals surface area (Å²) in [4.78, 5) is 21.5. The molecule has 4 rings (SSSR count). The molecule has 2 atom stereocenters. The Kier molecular flexibility index (Phi) is 10.2. The largest absolute Gasteiger partial charge is 0.356 e. The maximum atomic E-state index is 12.6. The van der Waals surface area contributed by atoms with Gasteiger partial charge in [-0.25, -0.2) is 0 Å². The van der Waals surface area contributed by atoms with Crippen LogP contribution in [0, 0.1) is 0 Å². The van der Waals surface area contributed by atoms with Crippen molar-refractivity contribution < 1.29 is 4.79 Å². The van der Waals surface area contributed by atoms with Crippen molar-refractivity contribution in [3.8, 4) is 0 Å². The van der Waals surface area contributed by atoms with Gasteiger partial charge in [0.15, 0.2) is 5.96 Å². The van der Waals surface area contributed by atoms with Gasteiger partial charge in [0.2, 0.25) is 5.91 Å².